The van der Waals surface area contributed by atoms with Gasteiger partial charge in [-0.05, 0) is 12.1 Å². The van der Waals surface area contributed by atoms with Crippen LogP contribution in [0.3, 0.4) is 0 Å². The second-order valence-electron chi connectivity index (χ2n) is 3.70. The fraction of sp³-hybridized carbons (Fsp3) is 0.455. The van der Waals surface area contributed by atoms with Gasteiger partial charge in [0.25, 0.3) is 12.3 Å². The molecule has 0 atom stereocenters. The number of hydrogen-bond donors (Lipinski definition) is 1. The molecule has 0 saturated carbocycles. The first-order chi connectivity index (χ1) is 9.19. The molecule has 2 N–H and O–H groups in total. The first-order valence-electron chi connectivity index (χ1n) is 5.66. The highest BCUT2D eigenvalue weighted by atomic mass is 19.3. The summed E-state index contributed by atoms with van der Waals surface area (Å²) >= 11 is 0. The van der Waals surface area contributed by atoms with E-state index in [0.717, 1.165) is 0 Å². The van der Waals surface area contributed by atoms with E-state index in [-0.39, 0.29) is 19.0 Å². The molecule has 19 heavy (non-hydrogen) atoms. The first-order valence-corrected chi connectivity index (χ1v) is 5.66. The van der Waals surface area contributed by atoms with Crippen LogP contribution in [-0.4, -0.2) is 29.8 Å². The van der Waals surface area contributed by atoms with Gasteiger partial charge in [0, 0.05) is 6.42 Å². The summed E-state index contributed by atoms with van der Waals surface area (Å²) < 4.78 is 38.7. The lowest BCUT2D eigenvalue weighted by Crippen LogP contribution is -2.07. The lowest BCUT2D eigenvalue weighted by atomic mass is 10.4. The summed E-state index contributed by atoms with van der Waals surface area (Å²) in [7, 11) is 0. The van der Waals surface area contributed by atoms with Crippen LogP contribution in [0, 0.1) is 0 Å². The Morgan fingerprint density at radius 3 is 2.89 bits per heavy atom. The molecule has 2 aromatic rings. The second kappa shape index (κ2) is 6.39. The summed E-state index contributed by atoms with van der Waals surface area (Å²) in [6, 6.07) is 3.39. The minimum atomic E-state index is -2.47. The highest BCUT2D eigenvalue weighted by Gasteiger charge is 2.12. The van der Waals surface area contributed by atoms with E-state index in [2.05, 4.69) is 10.1 Å². The second-order valence-corrected chi connectivity index (χ2v) is 3.70. The molecule has 0 unspecified atom stereocenters. The lowest BCUT2D eigenvalue weighted by molar-refractivity contribution is 0.0182. The normalized spacial score (nSPS) is 11.4. The molecular formula is C11H13F2N3O3. The summed E-state index contributed by atoms with van der Waals surface area (Å²) in [6.45, 7) is -0.208. The zero-order chi connectivity index (χ0) is 13.7. The van der Waals surface area contributed by atoms with Crippen molar-refractivity contribution in [2.75, 3.05) is 13.2 Å². The van der Waals surface area contributed by atoms with E-state index in [1.807, 2.05) is 0 Å². The summed E-state index contributed by atoms with van der Waals surface area (Å²) in [5.41, 5.74) is 5.41. The van der Waals surface area contributed by atoms with Gasteiger partial charge >= 0.3 is 0 Å². The van der Waals surface area contributed by atoms with Crippen molar-refractivity contribution < 1.29 is 22.5 Å². The maximum absolute atomic E-state index is 11.8. The monoisotopic (exact) mass is 273 g/mol. The maximum atomic E-state index is 11.8. The molecule has 104 valence electrons. The third-order valence-electron chi connectivity index (χ3n) is 2.26. The number of nitrogens with two attached hydrogens (primary N) is 1. The van der Waals surface area contributed by atoms with Crippen LogP contribution in [0.25, 0.3) is 11.7 Å². The Kier molecular flexibility index (Phi) is 4.58. The average Bonchev–Trinajstić information content (AvgIpc) is 3.02. The van der Waals surface area contributed by atoms with E-state index in [9.17, 15) is 8.78 Å². The van der Waals surface area contributed by atoms with Gasteiger partial charge in [0.05, 0.1) is 13.2 Å². The van der Waals surface area contributed by atoms with E-state index in [1.165, 1.54) is 0 Å². The molecule has 0 aromatic carbocycles. The number of furan rings is 1. The quantitative estimate of drug-likeness (QED) is 0.771. The topological polar surface area (TPSA) is 87.3 Å². The molecule has 2 heterocycles. The summed E-state index contributed by atoms with van der Waals surface area (Å²) in [5.74, 6) is 1.63. The van der Waals surface area contributed by atoms with Crippen LogP contribution < -0.4 is 5.73 Å². The molecule has 0 spiro atoms. The zero-order valence-corrected chi connectivity index (χ0v) is 10.0. The number of ether oxygens (including phenoxy) is 1. The number of rotatable bonds is 7. The van der Waals surface area contributed by atoms with Crippen molar-refractivity contribution in [2.45, 2.75) is 19.4 Å². The molecule has 0 aliphatic rings. The third kappa shape index (κ3) is 3.83. The third-order valence-corrected chi connectivity index (χ3v) is 2.26. The number of hydrogen-bond acceptors (Lipinski definition) is 6. The van der Waals surface area contributed by atoms with Crippen LogP contribution in [0.5, 0.6) is 0 Å². The van der Waals surface area contributed by atoms with Gasteiger partial charge in [0.2, 0.25) is 0 Å². The molecular weight excluding hydrogens is 260 g/mol. The Hall–Kier alpha value is -1.80. The van der Waals surface area contributed by atoms with Gasteiger partial charge < -0.3 is 19.4 Å². The van der Waals surface area contributed by atoms with Gasteiger partial charge in [-0.1, -0.05) is 5.16 Å². The standard InChI is InChI=1S/C11H13F2N3O3/c12-9(13)6-17-4-3-10-15-11(19-16-10)8-2-1-7(5-14)18-8/h1-2,9H,3-6,14H2. The highest BCUT2D eigenvalue weighted by Crippen LogP contribution is 2.20. The fourth-order valence-electron chi connectivity index (χ4n) is 1.39. The Balaban J connectivity index is 1.88. The van der Waals surface area contributed by atoms with Gasteiger partial charge in [0.1, 0.15) is 12.4 Å². The molecule has 0 saturated heterocycles. The molecule has 6 nitrogen and oxygen atoms in total. The number of alkyl halides is 2. The zero-order valence-electron chi connectivity index (χ0n) is 10.0. The summed E-state index contributed by atoms with van der Waals surface area (Å²) in [6.07, 6.45) is -2.18. The van der Waals surface area contributed by atoms with Crippen LogP contribution in [0.1, 0.15) is 11.6 Å². The maximum Gasteiger partial charge on any atom is 0.293 e. The number of halogens is 2. The predicted molar refractivity (Wildman–Crippen MR) is 60.4 cm³/mol. The van der Waals surface area contributed by atoms with E-state index in [4.69, 9.17) is 19.4 Å². The van der Waals surface area contributed by atoms with E-state index in [0.29, 0.717) is 23.8 Å². The summed E-state index contributed by atoms with van der Waals surface area (Å²) in [4.78, 5) is 4.06. The van der Waals surface area contributed by atoms with Crippen molar-refractivity contribution in [3.63, 3.8) is 0 Å². The van der Waals surface area contributed by atoms with Gasteiger partial charge in [-0.3, -0.25) is 0 Å². The van der Waals surface area contributed by atoms with E-state index in [1.54, 1.807) is 12.1 Å². The van der Waals surface area contributed by atoms with Crippen LogP contribution in [0.2, 0.25) is 0 Å². The van der Waals surface area contributed by atoms with Gasteiger partial charge in [-0.15, -0.1) is 0 Å². The smallest absolute Gasteiger partial charge is 0.293 e. The molecule has 0 fully saturated rings. The Labute approximate surface area is 107 Å². The largest absolute Gasteiger partial charge is 0.455 e. The van der Waals surface area contributed by atoms with Gasteiger partial charge in [-0.25, -0.2) is 8.78 Å². The van der Waals surface area contributed by atoms with Gasteiger partial charge in [0.15, 0.2) is 11.6 Å². The Bertz CT molecular complexity index is 513. The van der Waals surface area contributed by atoms with Crippen molar-refractivity contribution in [3.05, 3.63) is 23.7 Å². The molecule has 2 rings (SSSR count). The van der Waals surface area contributed by atoms with Crippen LogP contribution in [-0.2, 0) is 17.7 Å². The van der Waals surface area contributed by atoms with Crippen molar-refractivity contribution in [1.82, 2.24) is 10.1 Å². The molecule has 0 aliphatic heterocycles. The number of nitrogens with zero attached hydrogens (tertiary/aromatic N) is 2. The first kappa shape index (κ1) is 13.6. The van der Waals surface area contributed by atoms with Gasteiger partial charge in [-0.2, -0.15) is 4.98 Å². The fourth-order valence-corrected chi connectivity index (χ4v) is 1.39. The highest BCUT2D eigenvalue weighted by molar-refractivity contribution is 5.44. The minimum absolute atomic E-state index is 0.107. The van der Waals surface area contributed by atoms with Crippen LogP contribution in [0.15, 0.2) is 21.1 Å². The SMILES string of the molecule is NCc1ccc(-c2nc(CCOCC(F)F)no2)o1. The minimum Gasteiger partial charge on any atom is -0.455 e. The van der Waals surface area contributed by atoms with Crippen molar-refractivity contribution in [2.24, 2.45) is 5.73 Å². The molecule has 0 aliphatic carbocycles. The van der Waals surface area contributed by atoms with E-state index >= 15 is 0 Å². The van der Waals surface area contributed by atoms with Crippen molar-refractivity contribution in [3.8, 4) is 11.7 Å². The van der Waals surface area contributed by atoms with Crippen molar-refractivity contribution >= 4 is 0 Å². The number of aromatic nitrogens is 2. The van der Waals surface area contributed by atoms with Crippen LogP contribution >= 0.6 is 0 Å². The molecule has 2 aromatic heterocycles. The average molecular weight is 273 g/mol. The molecule has 8 heteroatoms. The Morgan fingerprint density at radius 1 is 1.37 bits per heavy atom. The van der Waals surface area contributed by atoms with E-state index < -0.39 is 13.0 Å². The molecule has 0 bridgehead atoms. The molecule has 0 radical (unpaired) electrons. The Morgan fingerprint density at radius 2 is 2.21 bits per heavy atom. The predicted octanol–water partition coefficient (Wildman–Crippen LogP) is 1.61. The molecule has 0 amide bonds. The summed E-state index contributed by atoms with van der Waals surface area (Å²) in [5, 5.41) is 3.70. The van der Waals surface area contributed by atoms with Crippen molar-refractivity contribution in [1.29, 1.82) is 0 Å². The lowest BCUT2D eigenvalue weighted by Gasteiger charge is -1.99. The van der Waals surface area contributed by atoms with Crippen LogP contribution in [0.4, 0.5) is 8.78 Å².